The van der Waals surface area contributed by atoms with Gasteiger partial charge in [0.25, 0.3) is 0 Å². The Morgan fingerprint density at radius 2 is 1.97 bits per heavy atom. The Kier molecular flexibility index (Phi) is 4.81. The van der Waals surface area contributed by atoms with Crippen molar-refractivity contribution in [3.05, 3.63) is 72.3 Å². The van der Waals surface area contributed by atoms with Crippen molar-refractivity contribution in [3.63, 3.8) is 0 Å². The highest BCUT2D eigenvalue weighted by molar-refractivity contribution is 5.94. The summed E-state index contributed by atoms with van der Waals surface area (Å²) in [5, 5.41) is 0. The Morgan fingerprint density at radius 1 is 1.10 bits per heavy atom. The number of hydrogen-bond donors (Lipinski definition) is 0. The molecule has 3 aliphatic carbocycles. The second kappa shape index (κ2) is 7.48. The molecule has 2 saturated carbocycles. The quantitative estimate of drug-likeness (QED) is 0.526. The molecule has 2 heteroatoms. The molecule has 2 fully saturated rings. The largest absolute Gasteiger partial charge is 0.490 e. The van der Waals surface area contributed by atoms with Crippen molar-refractivity contribution in [2.24, 2.45) is 22.2 Å². The average molecular weight is 386 g/mol. The molecule has 0 aliphatic heterocycles. The summed E-state index contributed by atoms with van der Waals surface area (Å²) < 4.78 is 5.78. The maximum Gasteiger partial charge on any atom is 0.120 e. The van der Waals surface area contributed by atoms with Crippen LogP contribution in [0, 0.1) is 17.3 Å². The molecule has 0 aromatic heterocycles. The highest BCUT2D eigenvalue weighted by atomic mass is 16.5. The van der Waals surface area contributed by atoms with Gasteiger partial charge in [0.05, 0.1) is 5.69 Å². The van der Waals surface area contributed by atoms with E-state index >= 15 is 0 Å². The lowest BCUT2D eigenvalue weighted by Gasteiger charge is -2.49. The first-order valence-corrected chi connectivity index (χ1v) is 11.2. The van der Waals surface area contributed by atoms with Crippen molar-refractivity contribution >= 4 is 11.4 Å². The smallest absolute Gasteiger partial charge is 0.120 e. The molecule has 2 nitrogen and oxygen atoms in total. The van der Waals surface area contributed by atoms with Crippen molar-refractivity contribution in [1.29, 1.82) is 0 Å². The second-order valence-corrected chi connectivity index (χ2v) is 9.26. The number of hydrogen-bond acceptors (Lipinski definition) is 2. The van der Waals surface area contributed by atoms with Crippen LogP contribution in [0.2, 0.25) is 0 Å². The van der Waals surface area contributed by atoms with E-state index in [-0.39, 0.29) is 5.41 Å². The summed E-state index contributed by atoms with van der Waals surface area (Å²) in [6, 6.07) is 17.3. The van der Waals surface area contributed by atoms with Crippen LogP contribution in [0.3, 0.4) is 0 Å². The van der Waals surface area contributed by atoms with E-state index in [1.807, 2.05) is 6.08 Å². The molecule has 29 heavy (non-hydrogen) atoms. The van der Waals surface area contributed by atoms with E-state index in [0.29, 0.717) is 12.5 Å². The van der Waals surface area contributed by atoms with Gasteiger partial charge in [-0.25, -0.2) is 0 Å². The van der Waals surface area contributed by atoms with Crippen molar-refractivity contribution in [2.45, 2.75) is 51.4 Å². The van der Waals surface area contributed by atoms with Gasteiger partial charge in [-0.05, 0) is 91.7 Å². The number of para-hydroxylation sites is 1. The molecule has 2 aromatic carbocycles. The van der Waals surface area contributed by atoms with Gasteiger partial charge in [0, 0.05) is 11.1 Å². The Bertz CT molecular complexity index is 931. The van der Waals surface area contributed by atoms with E-state index in [1.54, 1.807) is 5.56 Å². The van der Waals surface area contributed by atoms with Crippen LogP contribution < -0.4 is 4.74 Å². The summed E-state index contributed by atoms with van der Waals surface area (Å²) >= 11 is 0. The van der Waals surface area contributed by atoms with E-state index in [1.165, 1.54) is 49.8 Å². The Labute approximate surface area is 174 Å². The normalized spacial score (nSPS) is 31.6. The zero-order valence-electron chi connectivity index (χ0n) is 17.4. The minimum Gasteiger partial charge on any atom is -0.490 e. The van der Waals surface area contributed by atoms with Gasteiger partial charge >= 0.3 is 0 Å². The van der Waals surface area contributed by atoms with Gasteiger partial charge < -0.3 is 4.74 Å². The lowest BCUT2D eigenvalue weighted by Crippen LogP contribution is -2.42. The number of aryl methyl sites for hydroxylation is 1. The zero-order valence-corrected chi connectivity index (χ0v) is 17.4. The van der Waals surface area contributed by atoms with Crippen molar-refractivity contribution in [1.82, 2.24) is 0 Å². The average Bonchev–Trinajstić information content (AvgIpc) is 3.09. The fourth-order valence-electron chi connectivity index (χ4n) is 6.43. The fraction of sp³-hybridized carbons (Fsp3) is 0.444. The Balaban J connectivity index is 1.41. The molecule has 3 aliphatic rings. The first kappa shape index (κ1) is 18.7. The molecule has 0 amide bonds. The van der Waals surface area contributed by atoms with Gasteiger partial charge in [0.2, 0.25) is 0 Å². The van der Waals surface area contributed by atoms with E-state index in [9.17, 15) is 0 Å². The van der Waals surface area contributed by atoms with Gasteiger partial charge in [0.1, 0.15) is 12.4 Å². The minimum absolute atomic E-state index is 0.279. The van der Waals surface area contributed by atoms with Gasteiger partial charge in [0.15, 0.2) is 0 Å². The monoisotopic (exact) mass is 385 g/mol. The van der Waals surface area contributed by atoms with Gasteiger partial charge in [-0.3, -0.25) is 4.99 Å². The highest BCUT2D eigenvalue weighted by Gasteiger charge is 2.53. The lowest BCUT2D eigenvalue weighted by molar-refractivity contribution is 0.0956. The highest BCUT2D eigenvalue weighted by Crippen LogP contribution is 2.60. The molecule has 4 atom stereocenters. The first-order valence-electron chi connectivity index (χ1n) is 11.2. The molecule has 150 valence electrons. The second-order valence-electron chi connectivity index (χ2n) is 9.26. The van der Waals surface area contributed by atoms with Gasteiger partial charge in [-0.15, -0.1) is 0 Å². The summed E-state index contributed by atoms with van der Waals surface area (Å²) in [7, 11) is 0. The lowest BCUT2D eigenvalue weighted by atomic mass is 9.55. The molecule has 0 bridgehead atoms. The molecule has 0 heterocycles. The molecule has 2 aromatic rings. The van der Waals surface area contributed by atoms with E-state index in [2.05, 4.69) is 62.0 Å². The number of ether oxygens (including phenoxy) is 1. The number of aliphatic imine (C=N–C) groups is 1. The van der Waals surface area contributed by atoms with Crippen LogP contribution in [0.25, 0.3) is 0 Å². The van der Waals surface area contributed by atoms with Crippen LogP contribution in [0.5, 0.6) is 5.75 Å². The third-order valence-corrected chi connectivity index (χ3v) is 7.83. The number of benzene rings is 2. The molecule has 0 radical (unpaired) electrons. The SMILES string of the molecule is C=CCOc1ccc2c(c1)CC[C@@H]1[C@@H]2CC[C@]2(C)C(=Nc3ccccc3)CC[C@@H]12. The summed E-state index contributed by atoms with van der Waals surface area (Å²) in [5.41, 5.74) is 5.94. The number of rotatable bonds is 4. The maximum absolute atomic E-state index is 5.78. The van der Waals surface area contributed by atoms with E-state index < -0.39 is 0 Å². The zero-order chi connectivity index (χ0) is 19.8. The summed E-state index contributed by atoms with van der Waals surface area (Å²) in [6.45, 7) is 6.83. The van der Waals surface area contributed by atoms with E-state index in [4.69, 9.17) is 9.73 Å². The van der Waals surface area contributed by atoms with Gasteiger partial charge in [-0.2, -0.15) is 0 Å². The van der Waals surface area contributed by atoms with Crippen LogP contribution in [-0.2, 0) is 6.42 Å². The third kappa shape index (κ3) is 3.23. The topological polar surface area (TPSA) is 21.6 Å². The van der Waals surface area contributed by atoms with Crippen LogP contribution in [0.15, 0.2) is 66.2 Å². The fourth-order valence-corrected chi connectivity index (χ4v) is 6.43. The van der Waals surface area contributed by atoms with Crippen molar-refractivity contribution in [2.75, 3.05) is 6.61 Å². The Hall–Kier alpha value is -2.35. The number of fused-ring (bicyclic) bond motifs is 5. The molecule has 0 saturated heterocycles. The van der Waals surface area contributed by atoms with Crippen LogP contribution >= 0.6 is 0 Å². The summed E-state index contributed by atoms with van der Waals surface area (Å²) in [6.07, 6.45) is 9.32. The predicted octanol–water partition coefficient (Wildman–Crippen LogP) is 6.88. The van der Waals surface area contributed by atoms with Crippen molar-refractivity contribution < 1.29 is 4.74 Å². The molecule has 0 spiro atoms. The molecule has 5 rings (SSSR count). The summed E-state index contributed by atoms with van der Waals surface area (Å²) in [4.78, 5) is 5.13. The van der Waals surface area contributed by atoms with Crippen LogP contribution in [0.4, 0.5) is 5.69 Å². The van der Waals surface area contributed by atoms with Gasteiger partial charge in [-0.1, -0.05) is 43.8 Å². The molecule has 0 unspecified atom stereocenters. The molecule has 0 N–H and O–H groups in total. The van der Waals surface area contributed by atoms with E-state index in [0.717, 1.165) is 23.3 Å². The predicted molar refractivity (Wildman–Crippen MR) is 120 cm³/mol. The number of nitrogens with zero attached hydrogens (tertiary/aromatic N) is 1. The molecular formula is C27H31NO. The standard InChI is InChI=1S/C27H31NO/c1-3-17-29-21-10-12-22-19(18-21)9-11-24-23(22)15-16-27(2)25(24)13-14-26(27)28-20-7-5-4-6-8-20/h3-8,10,12,18,23-25H,1,9,11,13-17H2,2H3/t23-,24-,25+,27+/m1/s1. The van der Waals surface area contributed by atoms with Crippen LogP contribution in [-0.4, -0.2) is 12.3 Å². The minimum atomic E-state index is 0.279. The third-order valence-electron chi connectivity index (χ3n) is 7.83. The van der Waals surface area contributed by atoms with Crippen molar-refractivity contribution in [3.8, 4) is 5.75 Å². The first-order chi connectivity index (χ1) is 14.2. The van der Waals surface area contributed by atoms with Crippen LogP contribution in [0.1, 0.15) is 56.1 Å². The molecular weight excluding hydrogens is 354 g/mol. The Morgan fingerprint density at radius 3 is 2.79 bits per heavy atom. The summed E-state index contributed by atoms with van der Waals surface area (Å²) in [5.74, 6) is 3.26. The maximum atomic E-state index is 5.78.